The normalized spacial score (nSPS) is 21.9. The van der Waals surface area contributed by atoms with Gasteiger partial charge in [0, 0.05) is 6.61 Å². The molecule has 0 radical (unpaired) electrons. The predicted octanol–water partition coefficient (Wildman–Crippen LogP) is 3.46. The number of guanidine groups is 1. The van der Waals surface area contributed by atoms with Crippen molar-refractivity contribution in [3.05, 3.63) is 59.7 Å². The number of aliphatic imine (C=N–C) groups is 1. The molecule has 1 heterocycles. The number of carbonyl (C=O) groups excluding carboxylic acids is 1. The Labute approximate surface area is 166 Å². The minimum atomic E-state index is -0.893. The van der Waals surface area contributed by atoms with Crippen molar-refractivity contribution in [2.75, 3.05) is 19.8 Å². The van der Waals surface area contributed by atoms with Crippen LogP contribution in [-0.2, 0) is 15.1 Å². The number of nitrogens with zero attached hydrogens (tertiary/aromatic N) is 2. The molecule has 146 valence electrons. The zero-order valence-corrected chi connectivity index (χ0v) is 16.5. The Hall–Kier alpha value is -2.66. The Kier molecular flexibility index (Phi) is 4.94. The van der Waals surface area contributed by atoms with E-state index in [0.717, 1.165) is 29.5 Å². The lowest BCUT2D eigenvalue weighted by Gasteiger charge is -2.27. The minimum absolute atomic E-state index is 0.0198. The number of benzene rings is 2. The van der Waals surface area contributed by atoms with Gasteiger partial charge < -0.3 is 10.5 Å². The molecular formula is C23H27N3O2. The monoisotopic (exact) mass is 377 g/mol. The molecule has 0 saturated heterocycles. The van der Waals surface area contributed by atoms with Gasteiger partial charge in [-0.25, -0.2) is 4.99 Å². The highest BCUT2D eigenvalue weighted by Gasteiger charge is 2.57. The van der Waals surface area contributed by atoms with E-state index in [1.54, 1.807) is 4.90 Å². The number of aryl methyl sites for hydroxylation is 1. The summed E-state index contributed by atoms with van der Waals surface area (Å²) in [5.74, 6) is 0.495. The molecule has 0 aromatic heterocycles. The van der Waals surface area contributed by atoms with Gasteiger partial charge >= 0.3 is 0 Å². The van der Waals surface area contributed by atoms with Crippen LogP contribution in [0.25, 0.3) is 11.1 Å². The zero-order chi connectivity index (χ0) is 19.7. The smallest absolute Gasteiger partial charge is 0.262 e. The summed E-state index contributed by atoms with van der Waals surface area (Å²) in [7, 11) is 0. The number of nitrogens with two attached hydrogens (primary N) is 1. The molecule has 1 unspecified atom stereocenters. The molecule has 1 amide bonds. The number of carbonyl (C=O) groups is 1. The second kappa shape index (κ2) is 7.40. The van der Waals surface area contributed by atoms with Gasteiger partial charge in [0.25, 0.3) is 5.91 Å². The van der Waals surface area contributed by atoms with Gasteiger partial charge in [-0.15, -0.1) is 0 Å². The predicted molar refractivity (Wildman–Crippen MR) is 111 cm³/mol. The van der Waals surface area contributed by atoms with Crippen LogP contribution in [0.1, 0.15) is 30.9 Å². The average Bonchev–Trinajstić information content (AvgIpc) is 3.51. The van der Waals surface area contributed by atoms with E-state index in [-0.39, 0.29) is 11.8 Å². The van der Waals surface area contributed by atoms with Crippen LogP contribution in [0, 0.1) is 12.8 Å². The maximum absolute atomic E-state index is 13.5. The lowest BCUT2D eigenvalue weighted by Crippen LogP contribution is -2.45. The quantitative estimate of drug-likeness (QED) is 0.752. The van der Waals surface area contributed by atoms with Crippen molar-refractivity contribution in [1.29, 1.82) is 0 Å². The van der Waals surface area contributed by atoms with Gasteiger partial charge in [-0.05, 0) is 55.4 Å². The van der Waals surface area contributed by atoms with Crippen molar-refractivity contribution < 1.29 is 9.53 Å². The first kappa shape index (κ1) is 18.7. The fourth-order valence-electron chi connectivity index (χ4n) is 4.07. The average molecular weight is 377 g/mol. The topological polar surface area (TPSA) is 67.9 Å². The highest BCUT2D eigenvalue weighted by atomic mass is 16.5. The maximum Gasteiger partial charge on any atom is 0.262 e. The molecule has 4 rings (SSSR count). The van der Waals surface area contributed by atoms with Crippen molar-refractivity contribution in [2.24, 2.45) is 16.6 Å². The molecule has 5 nitrogen and oxygen atoms in total. The lowest BCUT2D eigenvalue weighted by atomic mass is 9.83. The molecule has 0 spiro atoms. The first-order valence-corrected chi connectivity index (χ1v) is 9.99. The van der Waals surface area contributed by atoms with Crippen molar-refractivity contribution in [3.8, 4) is 11.1 Å². The van der Waals surface area contributed by atoms with E-state index >= 15 is 0 Å². The van der Waals surface area contributed by atoms with Crippen molar-refractivity contribution in [2.45, 2.75) is 32.2 Å². The third kappa shape index (κ3) is 3.20. The van der Waals surface area contributed by atoms with Gasteiger partial charge in [-0.2, -0.15) is 0 Å². The van der Waals surface area contributed by atoms with Crippen LogP contribution in [0.15, 0.2) is 53.5 Å². The first-order valence-electron chi connectivity index (χ1n) is 9.99. The summed E-state index contributed by atoms with van der Waals surface area (Å²) < 4.78 is 5.43. The van der Waals surface area contributed by atoms with Crippen LogP contribution in [0.3, 0.4) is 0 Å². The van der Waals surface area contributed by atoms with Gasteiger partial charge in [0.2, 0.25) is 0 Å². The molecule has 1 aliphatic carbocycles. The summed E-state index contributed by atoms with van der Waals surface area (Å²) in [6.45, 7) is 5.54. The number of amides is 1. The van der Waals surface area contributed by atoms with Gasteiger partial charge in [0.15, 0.2) is 11.5 Å². The maximum atomic E-state index is 13.5. The Balaban J connectivity index is 1.72. The Bertz CT molecular complexity index is 920. The fourth-order valence-corrected chi connectivity index (χ4v) is 4.07. The summed E-state index contributed by atoms with van der Waals surface area (Å²) in [5.41, 5.74) is 9.68. The Morgan fingerprint density at radius 1 is 1.18 bits per heavy atom. The Morgan fingerprint density at radius 2 is 1.89 bits per heavy atom. The van der Waals surface area contributed by atoms with E-state index in [4.69, 9.17) is 15.5 Å². The summed E-state index contributed by atoms with van der Waals surface area (Å²) in [6, 6.07) is 16.6. The molecule has 2 aromatic rings. The summed E-state index contributed by atoms with van der Waals surface area (Å²) in [5, 5.41) is 0. The molecule has 1 aliphatic heterocycles. The molecule has 2 aliphatic rings. The van der Waals surface area contributed by atoms with Gasteiger partial charge in [-0.3, -0.25) is 9.69 Å². The summed E-state index contributed by atoms with van der Waals surface area (Å²) in [4.78, 5) is 19.8. The van der Waals surface area contributed by atoms with Crippen LogP contribution in [0.4, 0.5) is 0 Å². The first-order chi connectivity index (χ1) is 13.6. The van der Waals surface area contributed by atoms with E-state index < -0.39 is 5.54 Å². The number of ether oxygens (including phenoxy) is 1. The van der Waals surface area contributed by atoms with Crippen LogP contribution in [-0.4, -0.2) is 36.5 Å². The van der Waals surface area contributed by atoms with Gasteiger partial charge in [-0.1, -0.05) is 48.0 Å². The van der Waals surface area contributed by atoms with Crippen molar-refractivity contribution >= 4 is 11.9 Å². The van der Waals surface area contributed by atoms with E-state index in [1.165, 1.54) is 5.56 Å². The summed E-state index contributed by atoms with van der Waals surface area (Å²) in [6.07, 6.45) is 1.99. The van der Waals surface area contributed by atoms with Gasteiger partial charge in [0.05, 0.1) is 13.2 Å². The highest BCUT2D eigenvalue weighted by Crippen LogP contribution is 2.52. The lowest BCUT2D eigenvalue weighted by molar-refractivity contribution is -0.132. The standard InChI is InChI=1S/C23H27N3O2/c1-3-28-13-12-26-21(27)23(19-10-11-19,25-22(26)24)20-9-5-8-18(15-20)17-7-4-6-16(2)14-17/h4-9,14-15,19H,3,10-13H2,1-2H3,(H2,24,25). The molecule has 5 heteroatoms. The molecule has 1 atom stereocenters. The highest BCUT2D eigenvalue weighted by molar-refractivity contribution is 6.07. The van der Waals surface area contributed by atoms with E-state index in [9.17, 15) is 4.79 Å². The van der Waals surface area contributed by atoms with Crippen molar-refractivity contribution in [3.63, 3.8) is 0 Å². The van der Waals surface area contributed by atoms with E-state index in [2.05, 4.69) is 43.3 Å². The van der Waals surface area contributed by atoms with Crippen LogP contribution in [0.2, 0.25) is 0 Å². The van der Waals surface area contributed by atoms with Crippen LogP contribution >= 0.6 is 0 Å². The molecule has 1 fully saturated rings. The largest absolute Gasteiger partial charge is 0.380 e. The van der Waals surface area contributed by atoms with Gasteiger partial charge in [0.1, 0.15) is 0 Å². The van der Waals surface area contributed by atoms with Crippen LogP contribution < -0.4 is 5.73 Å². The number of hydrogen-bond acceptors (Lipinski definition) is 4. The minimum Gasteiger partial charge on any atom is -0.380 e. The third-order valence-corrected chi connectivity index (χ3v) is 5.62. The molecule has 0 bridgehead atoms. The molecule has 2 N–H and O–H groups in total. The zero-order valence-electron chi connectivity index (χ0n) is 16.5. The SMILES string of the molecule is CCOCCN1C(=O)C(c2cccc(-c3cccc(C)c3)c2)(C2CC2)N=C1N. The Morgan fingerprint density at radius 3 is 2.57 bits per heavy atom. The second-order valence-corrected chi connectivity index (χ2v) is 7.61. The van der Waals surface area contributed by atoms with E-state index in [0.29, 0.717) is 25.7 Å². The van der Waals surface area contributed by atoms with E-state index in [1.807, 2.05) is 19.1 Å². The molecule has 1 saturated carbocycles. The second-order valence-electron chi connectivity index (χ2n) is 7.61. The molecule has 2 aromatic carbocycles. The fraction of sp³-hybridized carbons (Fsp3) is 0.391. The molecule has 28 heavy (non-hydrogen) atoms. The molecular weight excluding hydrogens is 350 g/mol. The number of rotatable bonds is 7. The van der Waals surface area contributed by atoms with Crippen LogP contribution in [0.5, 0.6) is 0 Å². The summed E-state index contributed by atoms with van der Waals surface area (Å²) >= 11 is 0. The number of hydrogen-bond donors (Lipinski definition) is 1. The third-order valence-electron chi connectivity index (χ3n) is 5.62. The van der Waals surface area contributed by atoms with Crippen molar-refractivity contribution in [1.82, 2.24) is 4.90 Å².